The quantitative estimate of drug-likeness (QED) is 0.591. The lowest BCUT2D eigenvalue weighted by Gasteiger charge is -2.18. The van der Waals surface area contributed by atoms with E-state index in [0.29, 0.717) is 11.6 Å². The van der Waals surface area contributed by atoms with E-state index in [4.69, 9.17) is 21.1 Å². The van der Waals surface area contributed by atoms with E-state index in [2.05, 4.69) is 30.1 Å². The van der Waals surface area contributed by atoms with Gasteiger partial charge in [-0.25, -0.2) is 0 Å². The number of ether oxygens (including phenoxy) is 2. The average Bonchev–Trinajstić information content (AvgIpc) is 2.68. The van der Waals surface area contributed by atoms with Gasteiger partial charge < -0.3 is 19.7 Å². The molecule has 0 aliphatic carbocycles. The van der Waals surface area contributed by atoms with E-state index in [1.54, 1.807) is 7.11 Å². The van der Waals surface area contributed by atoms with E-state index in [9.17, 15) is 0 Å². The molecule has 0 unspecified atom stereocenters. The Morgan fingerprint density at radius 2 is 1.81 bits per heavy atom. The van der Waals surface area contributed by atoms with Crippen molar-refractivity contribution in [1.82, 2.24) is 10.2 Å². The fourth-order valence-corrected chi connectivity index (χ4v) is 2.91. The summed E-state index contributed by atoms with van der Waals surface area (Å²) in [6, 6.07) is 13.7. The Hall–Kier alpha value is -1.75. The molecule has 0 heterocycles. The molecule has 0 atom stereocenters. The van der Waals surface area contributed by atoms with Crippen LogP contribution in [0, 0.1) is 0 Å². The summed E-state index contributed by atoms with van der Waals surface area (Å²) in [5.74, 6) is 1.46. The maximum atomic E-state index is 6.18. The largest absolute Gasteiger partial charge is 0.493 e. The number of likely N-dealkylation sites (N-methyl/N-ethyl adjacent to an activating group) is 1. The van der Waals surface area contributed by atoms with Crippen molar-refractivity contribution in [3.63, 3.8) is 0 Å². The molecule has 0 aliphatic heterocycles. The minimum Gasteiger partial charge on any atom is -0.493 e. The first kappa shape index (κ1) is 20.6. The number of hydrogen-bond donors (Lipinski definition) is 1. The standard InChI is InChI=1S/C21H29ClN2O2/c1-4-24(5-2)13-12-23-15-17-10-11-20(21(14-17)25-3)26-16-18-8-6-7-9-19(18)22/h6-11,14,23H,4-5,12-13,15-16H2,1-3H3. The van der Waals surface area contributed by atoms with Crippen molar-refractivity contribution in [2.45, 2.75) is 27.0 Å². The molecule has 0 aromatic heterocycles. The molecule has 0 saturated heterocycles. The van der Waals surface area contributed by atoms with Crippen LogP contribution in [0.4, 0.5) is 0 Å². The van der Waals surface area contributed by atoms with Gasteiger partial charge in [0.2, 0.25) is 0 Å². The third-order valence-electron chi connectivity index (χ3n) is 4.40. The molecule has 0 amide bonds. The summed E-state index contributed by atoms with van der Waals surface area (Å²) in [6.45, 7) is 9.80. The highest BCUT2D eigenvalue weighted by molar-refractivity contribution is 6.31. The number of rotatable bonds is 11. The van der Waals surface area contributed by atoms with Crippen LogP contribution in [-0.2, 0) is 13.2 Å². The summed E-state index contributed by atoms with van der Waals surface area (Å²) in [5.41, 5.74) is 2.13. The molecule has 0 fully saturated rings. The lowest BCUT2D eigenvalue weighted by Crippen LogP contribution is -2.31. The summed E-state index contributed by atoms with van der Waals surface area (Å²) in [5, 5.41) is 4.19. The van der Waals surface area contributed by atoms with Gasteiger partial charge in [0.1, 0.15) is 6.61 Å². The summed E-state index contributed by atoms with van der Waals surface area (Å²) >= 11 is 6.18. The van der Waals surface area contributed by atoms with Crippen molar-refractivity contribution < 1.29 is 9.47 Å². The van der Waals surface area contributed by atoms with Crippen LogP contribution in [0.5, 0.6) is 11.5 Å². The van der Waals surface area contributed by atoms with Gasteiger partial charge in [0, 0.05) is 30.2 Å². The van der Waals surface area contributed by atoms with Crippen LogP contribution in [-0.4, -0.2) is 38.2 Å². The first-order valence-electron chi connectivity index (χ1n) is 9.14. The number of methoxy groups -OCH3 is 1. The zero-order valence-electron chi connectivity index (χ0n) is 15.9. The molecule has 0 radical (unpaired) electrons. The SMILES string of the molecule is CCN(CC)CCNCc1ccc(OCc2ccccc2Cl)c(OC)c1. The van der Waals surface area contributed by atoms with Crippen molar-refractivity contribution >= 4 is 11.6 Å². The Kier molecular flexibility index (Phi) is 8.75. The Morgan fingerprint density at radius 3 is 2.50 bits per heavy atom. The van der Waals surface area contributed by atoms with Crippen molar-refractivity contribution in [1.29, 1.82) is 0 Å². The van der Waals surface area contributed by atoms with Crippen LogP contribution in [0.3, 0.4) is 0 Å². The lowest BCUT2D eigenvalue weighted by atomic mass is 10.2. The Balaban J connectivity index is 1.89. The van der Waals surface area contributed by atoms with E-state index >= 15 is 0 Å². The monoisotopic (exact) mass is 376 g/mol. The minimum absolute atomic E-state index is 0.414. The molecule has 4 nitrogen and oxygen atoms in total. The van der Waals surface area contributed by atoms with Gasteiger partial charge in [-0.15, -0.1) is 0 Å². The highest BCUT2D eigenvalue weighted by Gasteiger charge is 2.08. The normalized spacial score (nSPS) is 11.0. The zero-order chi connectivity index (χ0) is 18.8. The number of benzene rings is 2. The summed E-state index contributed by atoms with van der Waals surface area (Å²) in [4.78, 5) is 2.40. The predicted molar refractivity (Wildman–Crippen MR) is 108 cm³/mol. The van der Waals surface area contributed by atoms with Gasteiger partial charge in [0.25, 0.3) is 0 Å². The highest BCUT2D eigenvalue weighted by atomic mass is 35.5. The molecule has 0 aliphatic rings. The lowest BCUT2D eigenvalue weighted by molar-refractivity contribution is 0.284. The number of halogens is 1. The topological polar surface area (TPSA) is 33.7 Å². The van der Waals surface area contributed by atoms with Gasteiger partial charge >= 0.3 is 0 Å². The van der Waals surface area contributed by atoms with E-state index in [-0.39, 0.29) is 0 Å². The second-order valence-electron chi connectivity index (χ2n) is 6.07. The van der Waals surface area contributed by atoms with E-state index in [1.165, 1.54) is 5.56 Å². The summed E-state index contributed by atoms with van der Waals surface area (Å²) < 4.78 is 11.4. The number of nitrogens with one attached hydrogen (secondary N) is 1. The molecule has 1 N–H and O–H groups in total. The van der Waals surface area contributed by atoms with Gasteiger partial charge in [0.05, 0.1) is 7.11 Å². The molecule has 142 valence electrons. The maximum Gasteiger partial charge on any atom is 0.161 e. The summed E-state index contributed by atoms with van der Waals surface area (Å²) in [7, 11) is 1.66. The molecular formula is C21H29ClN2O2. The van der Waals surface area contributed by atoms with Crippen LogP contribution >= 0.6 is 11.6 Å². The second-order valence-corrected chi connectivity index (χ2v) is 6.48. The Morgan fingerprint density at radius 1 is 1.04 bits per heavy atom. The first-order chi connectivity index (χ1) is 12.7. The van der Waals surface area contributed by atoms with Crippen LogP contribution in [0.2, 0.25) is 5.02 Å². The first-order valence-corrected chi connectivity index (χ1v) is 9.51. The number of nitrogens with zero attached hydrogens (tertiary/aromatic N) is 1. The van der Waals surface area contributed by atoms with Crippen molar-refractivity contribution in [3.05, 3.63) is 58.6 Å². The fourth-order valence-electron chi connectivity index (χ4n) is 2.72. The van der Waals surface area contributed by atoms with Gasteiger partial charge in [0.15, 0.2) is 11.5 Å². The molecule has 0 bridgehead atoms. The molecular weight excluding hydrogens is 348 g/mol. The molecule has 2 aromatic rings. The van der Waals surface area contributed by atoms with E-state index < -0.39 is 0 Å². The zero-order valence-corrected chi connectivity index (χ0v) is 16.7. The van der Waals surface area contributed by atoms with Gasteiger partial charge in [-0.2, -0.15) is 0 Å². The smallest absolute Gasteiger partial charge is 0.161 e. The third kappa shape index (κ3) is 6.20. The molecule has 0 saturated carbocycles. The van der Waals surface area contributed by atoms with Crippen molar-refractivity contribution in [3.8, 4) is 11.5 Å². The van der Waals surface area contributed by atoms with Gasteiger partial charge in [-0.05, 0) is 36.9 Å². The van der Waals surface area contributed by atoms with E-state index in [1.807, 2.05) is 36.4 Å². The highest BCUT2D eigenvalue weighted by Crippen LogP contribution is 2.29. The van der Waals surface area contributed by atoms with Crippen LogP contribution in [0.15, 0.2) is 42.5 Å². The van der Waals surface area contributed by atoms with Crippen molar-refractivity contribution in [2.75, 3.05) is 33.3 Å². The van der Waals surface area contributed by atoms with Gasteiger partial charge in [-0.3, -0.25) is 0 Å². The van der Waals surface area contributed by atoms with Crippen LogP contribution in [0.25, 0.3) is 0 Å². The number of hydrogen-bond acceptors (Lipinski definition) is 4. The fraction of sp³-hybridized carbons (Fsp3) is 0.429. The maximum absolute atomic E-state index is 6.18. The molecule has 5 heteroatoms. The Bertz CT molecular complexity index is 675. The summed E-state index contributed by atoms with van der Waals surface area (Å²) in [6.07, 6.45) is 0. The third-order valence-corrected chi connectivity index (χ3v) is 4.77. The van der Waals surface area contributed by atoms with Crippen LogP contribution < -0.4 is 14.8 Å². The van der Waals surface area contributed by atoms with Gasteiger partial charge in [-0.1, -0.05) is 49.7 Å². The van der Waals surface area contributed by atoms with Crippen LogP contribution in [0.1, 0.15) is 25.0 Å². The molecule has 0 spiro atoms. The Labute approximate surface area is 162 Å². The molecule has 2 rings (SSSR count). The van der Waals surface area contributed by atoms with E-state index in [0.717, 1.165) is 49.8 Å². The molecule has 2 aromatic carbocycles. The van der Waals surface area contributed by atoms with Crippen molar-refractivity contribution in [2.24, 2.45) is 0 Å². The average molecular weight is 377 g/mol. The minimum atomic E-state index is 0.414. The predicted octanol–water partition coefficient (Wildman–Crippen LogP) is 4.36. The molecule has 26 heavy (non-hydrogen) atoms. The second kappa shape index (κ2) is 11.1.